The van der Waals surface area contributed by atoms with Crippen molar-refractivity contribution in [3.63, 3.8) is 0 Å². The van der Waals surface area contributed by atoms with Gasteiger partial charge in [-0.05, 0) is 37.6 Å². The lowest BCUT2D eigenvalue weighted by Gasteiger charge is -2.08. The van der Waals surface area contributed by atoms with Gasteiger partial charge in [0.05, 0.1) is 18.5 Å². The SMILES string of the molecule is CCOc1ccc(-c2cnc(C(O)CN)[nH]2)cc1C. The molecule has 0 radical (unpaired) electrons. The van der Waals surface area contributed by atoms with Crippen LogP contribution < -0.4 is 10.5 Å². The molecule has 19 heavy (non-hydrogen) atoms. The Morgan fingerprint density at radius 1 is 1.47 bits per heavy atom. The molecule has 0 bridgehead atoms. The third kappa shape index (κ3) is 2.94. The molecule has 0 fully saturated rings. The average Bonchev–Trinajstić information content (AvgIpc) is 2.90. The van der Waals surface area contributed by atoms with E-state index in [0.717, 1.165) is 22.6 Å². The van der Waals surface area contributed by atoms with Gasteiger partial charge in [-0.1, -0.05) is 0 Å². The van der Waals surface area contributed by atoms with Gasteiger partial charge in [0.1, 0.15) is 17.7 Å². The zero-order valence-electron chi connectivity index (χ0n) is 11.2. The molecule has 0 saturated heterocycles. The summed E-state index contributed by atoms with van der Waals surface area (Å²) in [6.45, 7) is 4.76. The van der Waals surface area contributed by atoms with Crippen molar-refractivity contribution in [2.24, 2.45) is 5.73 Å². The molecule has 4 N–H and O–H groups in total. The second kappa shape index (κ2) is 5.86. The Morgan fingerprint density at radius 2 is 2.26 bits per heavy atom. The molecule has 2 aromatic rings. The van der Waals surface area contributed by atoms with Crippen molar-refractivity contribution < 1.29 is 9.84 Å². The average molecular weight is 261 g/mol. The van der Waals surface area contributed by atoms with Gasteiger partial charge >= 0.3 is 0 Å². The fourth-order valence-corrected chi connectivity index (χ4v) is 1.90. The summed E-state index contributed by atoms with van der Waals surface area (Å²) >= 11 is 0. The number of hydrogen-bond donors (Lipinski definition) is 3. The Balaban J connectivity index is 2.27. The van der Waals surface area contributed by atoms with Crippen LogP contribution in [0, 0.1) is 6.92 Å². The summed E-state index contributed by atoms with van der Waals surface area (Å²) in [6.07, 6.45) is 0.945. The summed E-state index contributed by atoms with van der Waals surface area (Å²) in [5.41, 5.74) is 8.33. The number of nitrogens with zero attached hydrogens (tertiary/aromatic N) is 1. The van der Waals surface area contributed by atoms with Crippen molar-refractivity contribution in [3.8, 4) is 17.0 Å². The number of H-pyrrole nitrogens is 1. The lowest BCUT2D eigenvalue weighted by Crippen LogP contribution is -2.12. The number of aliphatic hydroxyl groups excluding tert-OH is 1. The van der Waals surface area contributed by atoms with Gasteiger partial charge in [-0.15, -0.1) is 0 Å². The van der Waals surface area contributed by atoms with Crippen LogP contribution in [0.1, 0.15) is 24.4 Å². The van der Waals surface area contributed by atoms with Gasteiger partial charge in [-0.2, -0.15) is 0 Å². The Morgan fingerprint density at radius 3 is 2.89 bits per heavy atom. The molecule has 1 atom stereocenters. The lowest BCUT2D eigenvalue weighted by molar-refractivity contribution is 0.177. The highest BCUT2D eigenvalue weighted by atomic mass is 16.5. The molecule has 0 aliphatic carbocycles. The normalized spacial score (nSPS) is 12.4. The van der Waals surface area contributed by atoms with Gasteiger partial charge in [0.2, 0.25) is 0 Å². The second-order valence-electron chi connectivity index (χ2n) is 4.35. The molecular weight excluding hydrogens is 242 g/mol. The summed E-state index contributed by atoms with van der Waals surface area (Å²) in [5.74, 6) is 1.37. The molecule has 0 saturated carbocycles. The minimum Gasteiger partial charge on any atom is -0.494 e. The van der Waals surface area contributed by atoms with Crippen molar-refractivity contribution in [2.75, 3.05) is 13.2 Å². The van der Waals surface area contributed by atoms with Crippen LogP contribution in [0.25, 0.3) is 11.3 Å². The number of aromatic nitrogens is 2. The number of benzene rings is 1. The van der Waals surface area contributed by atoms with E-state index in [1.807, 2.05) is 32.0 Å². The quantitative estimate of drug-likeness (QED) is 0.766. The monoisotopic (exact) mass is 261 g/mol. The zero-order chi connectivity index (χ0) is 13.8. The number of aliphatic hydroxyl groups is 1. The van der Waals surface area contributed by atoms with Crippen molar-refractivity contribution in [3.05, 3.63) is 35.8 Å². The van der Waals surface area contributed by atoms with E-state index in [2.05, 4.69) is 9.97 Å². The first kappa shape index (κ1) is 13.6. The maximum atomic E-state index is 9.62. The molecule has 5 nitrogen and oxygen atoms in total. The number of hydrogen-bond acceptors (Lipinski definition) is 4. The molecule has 0 amide bonds. The van der Waals surface area contributed by atoms with Crippen molar-refractivity contribution in [1.29, 1.82) is 0 Å². The Hall–Kier alpha value is -1.85. The number of rotatable bonds is 5. The number of nitrogens with two attached hydrogens (primary N) is 1. The summed E-state index contributed by atoms with van der Waals surface area (Å²) < 4.78 is 5.51. The van der Waals surface area contributed by atoms with Crippen LogP contribution in [0.15, 0.2) is 24.4 Å². The van der Waals surface area contributed by atoms with Crippen LogP contribution in [-0.4, -0.2) is 28.2 Å². The van der Waals surface area contributed by atoms with Gasteiger partial charge in [-0.25, -0.2) is 4.98 Å². The van der Waals surface area contributed by atoms with E-state index in [9.17, 15) is 5.11 Å². The van der Waals surface area contributed by atoms with Crippen molar-refractivity contribution >= 4 is 0 Å². The molecule has 1 unspecified atom stereocenters. The predicted octanol–water partition coefficient (Wildman–Crippen LogP) is 1.78. The topological polar surface area (TPSA) is 84.2 Å². The smallest absolute Gasteiger partial charge is 0.136 e. The Kier molecular flexibility index (Phi) is 4.19. The molecule has 1 heterocycles. The molecule has 2 rings (SSSR count). The lowest BCUT2D eigenvalue weighted by atomic mass is 10.1. The van der Waals surface area contributed by atoms with E-state index in [0.29, 0.717) is 12.4 Å². The Labute approximate surface area is 112 Å². The van der Waals surface area contributed by atoms with Gasteiger partial charge in [0, 0.05) is 12.1 Å². The molecule has 5 heteroatoms. The fourth-order valence-electron chi connectivity index (χ4n) is 1.90. The molecule has 0 aliphatic rings. The van der Waals surface area contributed by atoms with E-state index >= 15 is 0 Å². The van der Waals surface area contributed by atoms with E-state index in [1.165, 1.54) is 0 Å². The van der Waals surface area contributed by atoms with Crippen LogP contribution >= 0.6 is 0 Å². The molecule has 0 aliphatic heterocycles. The van der Waals surface area contributed by atoms with Crippen LogP contribution in [0.2, 0.25) is 0 Å². The summed E-state index contributed by atoms with van der Waals surface area (Å²) in [6, 6.07) is 5.93. The predicted molar refractivity (Wildman–Crippen MR) is 73.9 cm³/mol. The van der Waals surface area contributed by atoms with Gasteiger partial charge < -0.3 is 20.6 Å². The van der Waals surface area contributed by atoms with Crippen LogP contribution in [0.4, 0.5) is 0 Å². The molecule has 1 aromatic heterocycles. The van der Waals surface area contributed by atoms with Crippen LogP contribution in [0.3, 0.4) is 0 Å². The highest BCUT2D eigenvalue weighted by Crippen LogP contribution is 2.25. The first-order valence-corrected chi connectivity index (χ1v) is 6.32. The highest BCUT2D eigenvalue weighted by molar-refractivity contribution is 5.61. The van der Waals surface area contributed by atoms with Crippen molar-refractivity contribution in [1.82, 2.24) is 9.97 Å². The summed E-state index contributed by atoms with van der Waals surface area (Å²) in [5, 5.41) is 9.62. The van der Waals surface area contributed by atoms with Gasteiger partial charge in [0.15, 0.2) is 0 Å². The molecular formula is C14H19N3O2. The van der Waals surface area contributed by atoms with Gasteiger partial charge in [-0.3, -0.25) is 0 Å². The minimum absolute atomic E-state index is 0.148. The first-order valence-electron chi connectivity index (χ1n) is 6.32. The number of nitrogens with one attached hydrogen (secondary N) is 1. The number of ether oxygens (including phenoxy) is 1. The zero-order valence-corrected chi connectivity index (χ0v) is 11.2. The van der Waals surface area contributed by atoms with E-state index < -0.39 is 6.10 Å². The summed E-state index contributed by atoms with van der Waals surface area (Å²) in [7, 11) is 0. The maximum Gasteiger partial charge on any atom is 0.136 e. The Bertz CT molecular complexity index is 551. The number of aryl methyl sites for hydroxylation is 1. The second-order valence-corrected chi connectivity index (χ2v) is 4.35. The maximum absolute atomic E-state index is 9.62. The highest BCUT2D eigenvalue weighted by Gasteiger charge is 2.11. The standard InChI is InChI=1S/C14H19N3O2/c1-3-19-13-5-4-10(6-9(13)2)11-8-16-14(17-11)12(18)7-15/h4-6,8,12,18H,3,7,15H2,1-2H3,(H,16,17). The van der Waals surface area contributed by atoms with E-state index in [4.69, 9.17) is 10.5 Å². The van der Waals surface area contributed by atoms with Crippen LogP contribution in [-0.2, 0) is 0 Å². The van der Waals surface area contributed by atoms with Gasteiger partial charge in [0.25, 0.3) is 0 Å². The van der Waals surface area contributed by atoms with E-state index in [1.54, 1.807) is 6.20 Å². The minimum atomic E-state index is -0.752. The van der Waals surface area contributed by atoms with Crippen molar-refractivity contribution in [2.45, 2.75) is 20.0 Å². The third-order valence-electron chi connectivity index (χ3n) is 2.92. The number of imidazole rings is 1. The largest absolute Gasteiger partial charge is 0.494 e. The van der Waals surface area contributed by atoms with Crippen LogP contribution in [0.5, 0.6) is 5.75 Å². The van der Waals surface area contributed by atoms with E-state index in [-0.39, 0.29) is 6.54 Å². The molecule has 1 aromatic carbocycles. The fraction of sp³-hybridized carbons (Fsp3) is 0.357. The third-order valence-corrected chi connectivity index (χ3v) is 2.92. The molecule has 102 valence electrons. The molecule has 0 spiro atoms. The first-order chi connectivity index (χ1) is 9.15. The number of aromatic amines is 1. The summed E-state index contributed by atoms with van der Waals surface area (Å²) in [4.78, 5) is 7.21.